The molecule has 15 nitrogen and oxygen atoms in total. The molecule has 0 aliphatic carbocycles. The van der Waals surface area contributed by atoms with Gasteiger partial charge in [-0.25, -0.2) is 4.68 Å². The summed E-state index contributed by atoms with van der Waals surface area (Å²) in [5.74, 6) is -2.65. The first-order valence-corrected chi connectivity index (χ1v) is 13.9. The Morgan fingerprint density at radius 1 is 0.889 bits per heavy atom. The van der Waals surface area contributed by atoms with Crippen LogP contribution in [0.1, 0.15) is 50.9 Å². The highest BCUT2D eigenvalue weighted by Gasteiger charge is 2.53. The summed E-state index contributed by atoms with van der Waals surface area (Å²) >= 11 is 0. The number of furan rings is 1. The molecule has 3 aromatic rings. The van der Waals surface area contributed by atoms with E-state index in [1.165, 1.54) is 29.0 Å². The molecule has 0 bridgehead atoms. The minimum Gasteiger partial charge on any atom is -0.465 e. The van der Waals surface area contributed by atoms with Crippen LogP contribution in [0, 0.1) is 0 Å². The number of fused-ring (bicyclic) bond motifs is 1. The molecule has 1 amide bonds. The Morgan fingerprint density at radius 2 is 1.58 bits per heavy atom. The van der Waals surface area contributed by atoms with Crippen molar-refractivity contribution in [3.63, 3.8) is 0 Å². The first-order chi connectivity index (χ1) is 21.5. The second-order valence-electron chi connectivity index (χ2n) is 10.3. The number of amides is 1. The van der Waals surface area contributed by atoms with Crippen LogP contribution in [0.5, 0.6) is 0 Å². The average Bonchev–Trinajstić information content (AvgIpc) is 3.72. The van der Waals surface area contributed by atoms with E-state index in [0.717, 1.165) is 20.8 Å². The van der Waals surface area contributed by atoms with Crippen molar-refractivity contribution in [3.05, 3.63) is 65.9 Å². The number of esters is 4. The number of hydrogen-bond donors (Lipinski definition) is 0. The first-order valence-electron chi connectivity index (χ1n) is 13.9. The van der Waals surface area contributed by atoms with Crippen LogP contribution in [0.15, 0.2) is 53.3 Å². The van der Waals surface area contributed by atoms with Crippen molar-refractivity contribution in [3.8, 4) is 0 Å². The predicted molar refractivity (Wildman–Crippen MR) is 151 cm³/mol. The van der Waals surface area contributed by atoms with Crippen molar-refractivity contribution in [2.24, 2.45) is 0 Å². The Kier molecular flexibility index (Phi) is 9.08. The number of hydrogen-bond acceptors (Lipinski definition) is 13. The molecule has 2 aliphatic heterocycles. The highest BCUT2D eigenvalue weighted by Crippen LogP contribution is 2.39. The van der Waals surface area contributed by atoms with Crippen molar-refractivity contribution in [2.45, 2.75) is 64.9 Å². The van der Waals surface area contributed by atoms with Gasteiger partial charge in [0, 0.05) is 33.3 Å². The molecule has 45 heavy (non-hydrogen) atoms. The van der Waals surface area contributed by atoms with Crippen molar-refractivity contribution in [1.29, 1.82) is 0 Å². The van der Waals surface area contributed by atoms with E-state index in [-0.39, 0.29) is 19.1 Å². The van der Waals surface area contributed by atoms with Crippen molar-refractivity contribution in [1.82, 2.24) is 15.0 Å². The summed E-state index contributed by atoms with van der Waals surface area (Å²) in [7, 11) is 0. The SMILES string of the molecule is CC(=O)OC[C@H]1O[C@@H](n2cc(CN3C(=O)/C(=C/c4ccco4)c4ccccc43)nn2)[C@H](OC(C)=O)[C@@H](OC(C)=O)[C@@H]1OC(C)=O. The number of ether oxygens (including phenoxy) is 5. The van der Waals surface area contributed by atoms with Crippen LogP contribution in [0.3, 0.4) is 0 Å². The van der Waals surface area contributed by atoms with E-state index in [1.807, 2.05) is 18.2 Å². The molecule has 5 atom stereocenters. The number of anilines is 1. The van der Waals surface area contributed by atoms with Gasteiger partial charge in [-0.1, -0.05) is 23.4 Å². The van der Waals surface area contributed by atoms with Crippen LogP contribution in [-0.2, 0) is 54.2 Å². The number of para-hydroxylation sites is 1. The summed E-state index contributed by atoms with van der Waals surface area (Å²) in [6.45, 7) is 4.22. The Balaban J connectivity index is 1.47. The topological polar surface area (TPSA) is 179 Å². The van der Waals surface area contributed by atoms with Crippen LogP contribution < -0.4 is 4.90 Å². The summed E-state index contributed by atoms with van der Waals surface area (Å²) in [5, 5.41) is 8.37. The van der Waals surface area contributed by atoms with Crippen LogP contribution in [0.2, 0.25) is 0 Å². The molecular weight excluding hydrogens is 592 g/mol. The third-order valence-electron chi connectivity index (χ3n) is 6.90. The van der Waals surface area contributed by atoms with Gasteiger partial charge >= 0.3 is 23.9 Å². The number of nitrogens with zero attached hydrogens (tertiary/aromatic N) is 4. The first kappa shape index (κ1) is 31.1. The molecule has 2 aliphatic rings. The highest BCUT2D eigenvalue weighted by atomic mass is 16.7. The van der Waals surface area contributed by atoms with Gasteiger partial charge in [-0.3, -0.25) is 24.0 Å². The third-order valence-corrected chi connectivity index (χ3v) is 6.90. The van der Waals surface area contributed by atoms with Gasteiger partial charge in [-0.15, -0.1) is 5.10 Å². The second kappa shape index (κ2) is 13.1. The predicted octanol–water partition coefficient (Wildman–Crippen LogP) is 2.21. The summed E-state index contributed by atoms with van der Waals surface area (Å²) in [6, 6.07) is 10.7. The number of rotatable bonds is 9. The van der Waals surface area contributed by atoms with Crippen LogP contribution in [0.25, 0.3) is 11.6 Å². The third kappa shape index (κ3) is 6.93. The molecule has 236 valence electrons. The van der Waals surface area contributed by atoms with Gasteiger partial charge in [0.2, 0.25) is 0 Å². The van der Waals surface area contributed by atoms with Gasteiger partial charge in [-0.2, -0.15) is 0 Å². The minimum atomic E-state index is -1.37. The molecule has 1 fully saturated rings. The Hall–Kier alpha value is -5.31. The van der Waals surface area contributed by atoms with E-state index in [1.54, 1.807) is 24.3 Å². The fraction of sp³-hybridized carbons (Fsp3) is 0.367. The van der Waals surface area contributed by atoms with Crippen LogP contribution in [0.4, 0.5) is 5.69 Å². The summed E-state index contributed by atoms with van der Waals surface area (Å²) < 4.78 is 34.3. The maximum Gasteiger partial charge on any atom is 0.303 e. The number of carbonyl (C=O) groups excluding carboxylic acids is 5. The molecule has 0 N–H and O–H groups in total. The Bertz CT molecular complexity index is 1630. The Morgan fingerprint density at radius 3 is 2.24 bits per heavy atom. The largest absolute Gasteiger partial charge is 0.465 e. The maximum atomic E-state index is 13.6. The smallest absolute Gasteiger partial charge is 0.303 e. The number of carbonyl (C=O) groups is 5. The molecule has 1 aromatic carbocycles. The Labute approximate surface area is 256 Å². The second-order valence-corrected chi connectivity index (χ2v) is 10.3. The van der Waals surface area contributed by atoms with Crippen molar-refractivity contribution < 1.29 is 52.1 Å². The summed E-state index contributed by atoms with van der Waals surface area (Å²) in [5.41, 5.74) is 2.14. The van der Waals surface area contributed by atoms with E-state index in [4.69, 9.17) is 28.1 Å². The summed E-state index contributed by atoms with van der Waals surface area (Å²) in [4.78, 5) is 63.0. The van der Waals surface area contributed by atoms with Crippen LogP contribution in [-0.4, -0.2) is 75.8 Å². The lowest BCUT2D eigenvalue weighted by atomic mass is 9.97. The van der Waals surface area contributed by atoms with E-state index >= 15 is 0 Å². The molecule has 0 unspecified atom stereocenters. The van der Waals surface area contributed by atoms with E-state index in [2.05, 4.69) is 10.3 Å². The zero-order chi connectivity index (χ0) is 32.2. The van der Waals surface area contributed by atoms with E-state index < -0.39 is 54.5 Å². The lowest BCUT2D eigenvalue weighted by molar-refractivity contribution is -0.270. The normalized spacial score (nSPS) is 23.4. The standard InChI is InChI=1S/C30H30N4O11/c1-16(35)41-15-25-26(42-17(2)36)27(43-18(3)37)28(44-19(4)38)30(45-25)34-14-20(31-32-34)13-33-24-10-6-5-9-22(24)23(29(33)39)12-21-8-7-11-40-21/h5-12,14,25-28,30H,13,15H2,1-4H3/b23-12+/t25-,26-,27+,28-,30-/m1/s1. The molecule has 4 heterocycles. The molecule has 5 rings (SSSR count). The molecule has 1 saturated heterocycles. The van der Waals surface area contributed by atoms with Gasteiger partial charge in [0.05, 0.1) is 30.3 Å². The molecule has 0 radical (unpaired) electrons. The average molecular weight is 623 g/mol. The van der Waals surface area contributed by atoms with Gasteiger partial charge < -0.3 is 33.0 Å². The number of benzene rings is 1. The molecular formula is C30H30N4O11. The van der Waals surface area contributed by atoms with Crippen molar-refractivity contribution in [2.75, 3.05) is 11.5 Å². The lowest BCUT2D eigenvalue weighted by Gasteiger charge is -2.44. The lowest BCUT2D eigenvalue weighted by Crippen LogP contribution is -2.60. The zero-order valence-corrected chi connectivity index (χ0v) is 24.8. The van der Waals surface area contributed by atoms with Gasteiger partial charge in [-0.05, 0) is 24.3 Å². The van der Waals surface area contributed by atoms with Crippen molar-refractivity contribution >= 4 is 47.1 Å². The molecule has 2 aromatic heterocycles. The molecule has 0 saturated carbocycles. The quantitative estimate of drug-likeness (QED) is 0.193. The molecule has 15 heteroatoms. The van der Waals surface area contributed by atoms with E-state index in [9.17, 15) is 24.0 Å². The maximum absolute atomic E-state index is 13.6. The monoisotopic (exact) mass is 622 g/mol. The number of aromatic nitrogens is 3. The zero-order valence-electron chi connectivity index (χ0n) is 24.8. The fourth-order valence-corrected chi connectivity index (χ4v) is 5.21. The van der Waals surface area contributed by atoms with Gasteiger partial charge in [0.1, 0.15) is 24.2 Å². The highest BCUT2D eigenvalue weighted by molar-refractivity contribution is 6.35. The fourth-order valence-electron chi connectivity index (χ4n) is 5.21. The molecule has 0 spiro atoms. The van der Waals surface area contributed by atoms with E-state index in [0.29, 0.717) is 28.3 Å². The van der Waals surface area contributed by atoms with Gasteiger partial charge in [0.25, 0.3) is 5.91 Å². The van der Waals surface area contributed by atoms with Gasteiger partial charge in [0.15, 0.2) is 24.5 Å². The minimum absolute atomic E-state index is 0.0105. The van der Waals surface area contributed by atoms with Crippen LogP contribution >= 0.6 is 0 Å². The summed E-state index contributed by atoms with van der Waals surface area (Å²) in [6.07, 6.45) is -1.83.